The van der Waals surface area contributed by atoms with Crippen LogP contribution in [0.15, 0.2) is 88.1 Å². The lowest BCUT2D eigenvalue weighted by Gasteiger charge is -2.17. The number of aliphatic hydroxyl groups is 1. The molecule has 156 valence electrons. The maximum Gasteiger partial charge on any atom is 0.255 e. The van der Waals surface area contributed by atoms with Crippen LogP contribution in [0.25, 0.3) is 22.3 Å². The van der Waals surface area contributed by atoms with Crippen LogP contribution in [0.1, 0.15) is 21.5 Å². The zero-order chi connectivity index (χ0) is 21.8. The van der Waals surface area contributed by atoms with E-state index in [1.54, 1.807) is 25.1 Å². The van der Waals surface area contributed by atoms with Gasteiger partial charge in [-0.2, -0.15) is 0 Å². The zero-order valence-corrected chi connectivity index (χ0v) is 17.2. The van der Waals surface area contributed by atoms with Crippen LogP contribution in [0.3, 0.4) is 0 Å². The average Bonchev–Trinajstić information content (AvgIpc) is 2.81. The first-order chi connectivity index (χ1) is 15.1. The van der Waals surface area contributed by atoms with Crippen molar-refractivity contribution in [2.45, 2.75) is 19.4 Å². The second-order valence-corrected chi connectivity index (χ2v) is 7.48. The third kappa shape index (κ3) is 4.27. The van der Waals surface area contributed by atoms with E-state index in [-0.39, 0.29) is 23.2 Å². The van der Waals surface area contributed by atoms with Crippen molar-refractivity contribution in [2.24, 2.45) is 0 Å². The van der Waals surface area contributed by atoms with E-state index in [0.717, 1.165) is 11.1 Å². The molecule has 4 aromatic rings. The lowest BCUT2D eigenvalue weighted by atomic mass is 10.0. The first-order valence-corrected chi connectivity index (χ1v) is 10.2. The fraction of sp³-hybridized carbons (Fsp3) is 0.154. The van der Waals surface area contributed by atoms with Crippen molar-refractivity contribution in [2.75, 3.05) is 6.61 Å². The summed E-state index contributed by atoms with van der Waals surface area (Å²) in [5.74, 6) is 0.0490. The fourth-order valence-electron chi connectivity index (χ4n) is 3.68. The van der Waals surface area contributed by atoms with Gasteiger partial charge >= 0.3 is 0 Å². The molecule has 2 N–H and O–H groups in total. The van der Waals surface area contributed by atoms with Crippen molar-refractivity contribution in [3.8, 4) is 11.3 Å². The number of aliphatic hydroxyl groups excluding tert-OH is 1. The normalized spacial score (nSPS) is 11.9. The van der Waals surface area contributed by atoms with Crippen LogP contribution in [-0.2, 0) is 6.42 Å². The lowest BCUT2D eigenvalue weighted by molar-refractivity contribution is 0.0917. The molecule has 1 aromatic heterocycles. The highest BCUT2D eigenvalue weighted by Gasteiger charge is 2.20. The summed E-state index contributed by atoms with van der Waals surface area (Å²) in [5.41, 5.74) is 2.61. The SMILES string of the molecule is Cc1c(-c2ccccc2)oc2c(C(=O)N[C@H](CO)Cc3ccccc3)cccc2c1=O. The minimum absolute atomic E-state index is 0.169. The molecular weight excluding hydrogens is 390 g/mol. The van der Waals surface area contributed by atoms with Gasteiger partial charge in [-0.05, 0) is 31.0 Å². The molecule has 0 aliphatic heterocycles. The highest BCUT2D eigenvalue weighted by molar-refractivity contribution is 6.05. The van der Waals surface area contributed by atoms with Crippen LogP contribution in [0, 0.1) is 6.92 Å². The number of carbonyl (C=O) groups is 1. The Morgan fingerprint density at radius 3 is 2.32 bits per heavy atom. The third-order valence-corrected chi connectivity index (χ3v) is 5.31. The number of hydrogen-bond acceptors (Lipinski definition) is 4. The number of hydrogen-bond donors (Lipinski definition) is 2. The molecule has 1 heterocycles. The second kappa shape index (κ2) is 8.98. The minimum Gasteiger partial charge on any atom is -0.455 e. The van der Waals surface area contributed by atoms with Gasteiger partial charge in [-0.3, -0.25) is 9.59 Å². The van der Waals surface area contributed by atoms with E-state index in [0.29, 0.717) is 23.1 Å². The van der Waals surface area contributed by atoms with Gasteiger partial charge in [0.05, 0.1) is 23.6 Å². The summed E-state index contributed by atoms with van der Waals surface area (Å²) in [5, 5.41) is 13.0. The summed E-state index contributed by atoms with van der Waals surface area (Å²) in [7, 11) is 0. The zero-order valence-electron chi connectivity index (χ0n) is 17.2. The molecule has 0 aliphatic rings. The van der Waals surface area contributed by atoms with Crippen LogP contribution in [-0.4, -0.2) is 23.7 Å². The van der Waals surface area contributed by atoms with Gasteiger partial charge in [0.2, 0.25) is 0 Å². The number of amides is 1. The number of nitrogens with one attached hydrogen (secondary N) is 1. The molecule has 5 heteroatoms. The maximum atomic E-state index is 13.1. The molecule has 31 heavy (non-hydrogen) atoms. The Labute approximate surface area is 180 Å². The number of benzene rings is 3. The molecule has 4 rings (SSSR count). The Kier molecular flexibility index (Phi) is 5.96. The van der Waals surface area contributed by atoms with Gasteiger partial charge in [0.25, 0.3) is 5.91 Å². The molecule has 5 nitrogen and oxygen atoms in total. The standard InChI is InChI=1S/C26H23NO4/c1-17-23(29)21-13-8-14-22(25(21)31-24(17)19-11-6-3-7-12-19)26(30)27-20(16-28)15-18-9-4-2-5-10-18/h2-14,20,28H,15-16H2,1H3,(H,27,30)/t20-/m0/s1. The van der Waals surface area contributed by atoms with Crippen LogP contribution in [0.4, 0.5) is 0 Å². The van der Waals surface area contributed by atoms with Crippen molar-refractivity contribution >= 4 is 16.9 Å². The molecule has 1 amide bonds. The molecule has 3 aromatic carbocycles. The van der Waals surface area contributed by atoms with E-state index < -0.39 is 11.9 Å². The summed E-state index contributed by atoms with van der Waals surface area (Å²) >= 11 is 0. The first-order valence-electron chi connectivity index (χ1n) is 10.2. The van der Waals surface area contributed by atoms with Gasteiger partial charge in [0.1, 0.15) is 5.76 Å². The summed E-state index contributed by atoms with van der Waals surface area (Å²) in [6.45, 7) is 1.52. The Balaban J connectivity index is 1.72. The van der Waals surface area contributed by atoms with E-state index in [1.807, 2.05) is 60.7 Å². The van der Waals surface area contributed by atoms with Crippen LogP contribution >= 0.6 is 0 Å². The number of carbonyl (C=O) groups excluding carboxylic acids is 1. The minimum atomic E-state index is -0.462. The van der Waals surface area contributed by atoms with Gasteiger partial charge in [0, 0.05) is 11.1 Å². The lowest BCUT2D eigenvalue weighted by Crippen LogP contribution is -2.39. The summed E-state index contributed by atoms with van der Waals surface area (Å²) < 4.78 is 6.12. The van der Waals surface area contributed by atoms with Gasteiger partial charge in [-0.15, -0.1) is 0 Å². The first kappa shape index (κ1) is 20.6. The molecule has 0 aliphatic carbocycles. The summed E-state index contributed by atoms with van der Waals surface area (Å²) in [6, 6.07) is 23.5. The quantitative estimate of drug-likeness (QED) is 0.499. The van der Waals surface area contributed by atoms with Crippen molar-refractivity contribution < 1.29 is 14.3 Å². The smallest absolute Gasteiger partial charge is 0.255 e. The Hall–Kier alpha value is -3.70. The second-order valence-electron chi connectivity index (χ2n) is 7.48. The average molecular weight is 413 g/mol. The molecule has 1 atom stereocenters. The fourth-order valence-corrected chi connectivity index (χ4v) is 3.68. The molecular formula is C26H23NO4. The van der Waals surface area contributed by atoms with E-state index in [4.69, 9.17) is 4.42 Å². The van der Waals surface area contributed by atoms with E-state index >= 15 is 0 Å². The maximum absolute atomic E-state index is 13.1. The van der Waals surface area contributed by atoms with Crippen LogP contribution in [0.5, 0.6) is 0 Å². The predicted molar refractivity (Wildman–Crippen MR) is 121 cm³/mol. The molecule has 0 radical (unpaired) electrons. The highest BCUT2D eigenvalue weighted by atomic mass is 16.3. The van der Waals surface area contributed by atoms with E-state index in [1.165, 1.54) is 0 Å². The third-order valence-electron chi connectivity index (χ3n) is 5.31. The van der Waals surface area contributed by atoms with Crippen LogP contribution in [0.2, 0.25) is 0 Å². The summed E-state index contributed by atoms with van der Waals surface area (Å²) in [4.78, 5) is 26.1. The van der Waals surface area contributed by atoms with Crippen molar-refractivity contribution in [3.63, 3.8) is 0 Å². The number of para-hydroxylation sites is 1. The van der Waals surface area contributed by atoms with E-state index in [2.05, 4.69) is 5.32 Å². The molecule has 0 saturated carbocycles. The van der Waals surface area contributed by atoms with Crippen molar-refractivity contribution in [1.82, 2.24) is 5.32 Å². The Bertz CT molecular complexity index is 1260. The van der Waals surface area contributed by atoms with Crippen molar-refractivity contribution in [3.05, 3.63) is 106 Å². The van der Waals surface area contributed by atoms with Crippen LogP contribution < -0.4 is 10.7 Å². The predicted octanol–water partition coefficient (Wildman–Crippen LogP) is 4.10. The van der Waals surface area contributed by atoms with Gasteiger partial charge < -0.3 is 14.8 Å². The molecule has 0 unspecified atom stereocenters. The Morgan fingerprint density at radius 2 is 1.65 bits per heavy atom. The van der Waals surface area contributed by atoms with Gasteiger partial charge in [-0.25, -0.2) is 0 Å². The molecule has 0 bridgehead atoms. The van der Waals surface area contributed by atoms with Gasteiger partial charge in [0.15, 0.2) is 11.0 Å². The molecule has 0 fully saturated rings. The summed E-state index contributed by atoms with van der Waals surface area (Å²) in [6.07, 6.45) is 0.492. The largest absolute Gasteiger partial charge is 0.455 e. The number of fused-ring (bicyclic) bond motifs is 1. The van der Waals surface area contributed by atoms with Gasteiger partial charge in [-0.1, -0.05) is 66.7 Å². The highest BCUT2D eigenvalue weighted by Crippen LogP contribution is 2.27. The number of rotatable bonds is 6. The van der Waals surface area contributed by atoms with E-state index in [9.17, 15) is 14.7 Å². The molecule has 0 spiro atoms. The van der Waals surface area contributed by atoms with Crippen molar-refractivity contribution in [1.29, 1.82) is 0 Å². The Morgan fingerprint density at radius 1 is 0.968 bits per heavy atom. The monoisotopic (exact) mass is 413 g/mol. The molecule has 0 saturated heterocycles. The topological polar surface area (TPSA) is 79.5 Å².